The molecule has 0 bridgehead atoms. The molecular weight excluding hydrogens is 250 g/mol. The summed E-state index contributed by atoms with van der Waals surface area (Å²) in [7, 11) is 0. The number of benzene rings is 1. The van der Waals surface area contributed by atoms with E-state index in [-0.39, 0.29) is 11.3 Å². The number of carboxylic acid groups (broad SMARTS) is 1. The second-order valence-corrected chi connectivity index (χ2v) is 4.20. The molecule has 1 aromatic rings. The van der Waals surface area contributed by atoms with Crippen LogP contribution in [0.2, 0.25) is 0 Å². The van der Waals surface area contributed by atoms with Gasteiger partial charge in [-0.3, -0.25) is 9.59 Å². The highest BCUT2D eigenvalue weighted by molar-refractivity contribution is 6.32. The number of carbonyl (C=O) groups excluding carboxylic acids is 2. The van der Waals surface area contributed by atoms with Crippen molar-refractivity contribution in [1.82, 2.24) is 0 Å². The summed E-state index contributed by atoms with van der Waals surface area (Å²) in [6.45, 7) is 3.05. The van der Waals surface area contributed by atoms with Gasteiger partial charge in [-0.05, 0) is 32.0 Å². The van der Waals surface area contributed by atoms with Crippen LogP contribution in [0.1, 0.15) is 24.2 Å². The zero-order valence-electron chi connectivity index (χ0n) is 10.3. The van der Waals surface area contributed by atoms with Crippen molar-refractivity contribution in [3.8, 4) is 5.75 Å². The number of amides is 2. The van der Waals surface area contributed by atoms with Crippen LogP contribution in [0.25, 0.3) is 0 Å². The molecule has 98 valence electrons. The molecule has 0 atom stereocenters. The van der Waals surface area contributed by atoms with Crippen molar-refractivity contribution in [3.63, 3.8) is 0 Å². The van der Waals surface area contributed by atoms with Gasteiger partial charge in [-0.15, -0.1) is 0 Å². The van der Waals surface area contributed by atoms with Crippen molar-refractivity contribution in [2.24, 2.45) is 0 Å². The summed E-state index contributed by atoms with van der Waals surface area (Å²) in [5.41, 5.74) is 0.483. The van der Waals surface area contributed by atoms with Gasteiger partial charge in [-0.1, -0.05) is 0 Å². The Kier molecular flexibility index (Phi) is 2.86. The van der Waals surface area contributed by atoms with Crippen molar-refractivity contribution in [1.29, 1.82) is 0 Å². The van der Waals surface area contributed by atoms with E-state index < -0.39 is 23.5 Å². The summed E-state index contributed by atoms with van der Waals surface area (Å²) in [5.74, 6) is -2.66. The normalized spacial score (nSPS) is 15.4. The maximum atomic E-state index is 11.9. The summed E-state index contributed by atoms with van der Waals surface area (Å²) in [6, 6.07) is 3.46. The Labute approximate surface area is 108 Å². The predicted molar refractivity (Wildman–Crippen MR) is 65.9 cm³/mol. The highest BCUT2D eigenvalue weighted by Crippen LogP contribution is 2.33. The number of hydrogen-bond acceptors (Lipinski definition) is 4. The van der Waals surface area contributed by atoms with Crippen molar-refractivity contribution in [3.05, 3.63) is 34.9 Å². The van der Waals surface area contributed by atoms with E-state index in [9.17, 15) is 19.5 Å². The van der Waals surface area contributed by atoms with Gasteiger partial charge >= 0.3 is 5.97 Å². The third-order valence-corrected chi connectivity index (χ3v) is 3.07. The van der Waals surface area contributed by atoms with Crippen LogP contribution in [0.3, 0.4) is 0 Å². The molecule has 19 heavy (non-hydrogen) atoms. The molecule has 2 amide bonds. The summed E-state index contributed by atoms with van der Waals surface area (Å²) >= 11 is 0. The van der Waals surface area contributed by atoms with E-state index in [1.165, 1.54) is 26.0 Å². The second kappa shape index (κ2) is 4.24. The molecule has 0 aromatic heterocycles. The highest BCUT2D eigenvalue weighted by Gasteiger charge is 2.35. The van der Waals surface area contributed by atoms with Crippen molar-refractivity contribution >= 4 is 23.5 Å². The molecular formula is C13H11NO5. The second-order valence-electron chi connectivity index (χ2n) is 4.20. The Morgan fingerprint density at radius 1 is 1.11 bits per heavy atom. The predicted octanol–water partition coefficient (Wildman–Crippen LogP) is 1.30. The maximum absolute atomic E-state index is 11.9. The molecule has 2 N–H and O–H groups in total. The van der Waals surface area contributed by atoms with Gasteiger partial charge in [0, 0.05) is 11.1 Å². The Hall–Kier alpha value is -2.63. The van der Waals surface area contributed by atoms with Crippen LogP contribution in [-0.4, -0.2) is 28.0 Å². The largest absolute Gasteiger partial charge is 0.506 e. The lowest BCUT2D eigenvalue weighted by atomic mass is 10.1. The van der Waals surface area contributed by atoms with E-state index in [1.54, 1.807) is 0 Å². The maximum Gasteiger partial charge on any atom is 0.335 e. The monoisotopic (exact) mass is 261 g/mol. The number of imide groups is 1. The molecule has 1 heterocycles. The molecule has 0 saturated heterocycles. The molecule has 6 heteroatoms. The minimum absolute atomic E-state index is 0.0174. The van der Waals surface area contributed by atoms with Gasteiger partial charge in [-0.2, -0.15) is 0 Å². The SMILES string of the molecule is CC1=C(C)C(=O)N(c2ccc(C(=O)O)cc2O)C1=O. The lowest BCUT2D eigenvalue weighted by Crippen LogP contribution is -2.31. The first-order valence-electron chi connectivity index (χ1n) is 5.47. The molecule has 0 saturated carbocycles. The van der Waals surface area contributed by atoms with E-state index in [1.807, 2.05) is 0 Å². The summed E-state index contributed by atoms with van der Waals surface area (Å²) < 4.78 is 0. The van der Waals surface area contributed by atoms with Gasteiger partial charge in [0.2, 0.25) is 0 Å². The number of aromatic hydroxyl groups is 1. The Balaban J connectivity index is 2.48. The third kappa shape index (κ3) is 1.87. The van der Waals surface area contributed by atoms with Crippen LogP contribution >= 0.6 is 0 Å². The zero-order valence-corrected chi connectivity index (χ0v) is 10.3. The molecule has 1 aliphatic heterocycles. The van der Waals surface area contributed by atoms with E-state index >= 15 is 0 Å². The smallest absolute Gasteiger partial charge is 0.335 e. The molecule has 1 aromatic carbocycles. The molecule has 0 aliphatic carbocycles. The lowest BCUT2D eigenvalue weighted by Gasteiger charge is -2.16. The Morgan fingerprint density at radius 2 is 1.63 bits per heavy atom. The molecule has 0 spiro atoms. The van der Waals surface area contributed by atoms with Crippen LogP contribution in [-0.2, 0) is 9.59 Å². The van der Waals surface area contributed by atoms with Gasteiger partial charge in [0.25, 0.3) is 11.8 Å². The Morgan fingerprint density at radius 3 is 2.05 bits per heavy atom. The minimum atomic E-state index is -1.20. The van der Waals surface area contributed by atoms with Gasteiger partial charge < -0.3 is 10.2 Å². The number of anilines is 1. The standard InChI is InChI=1S/C13H11NO5/c1-6-7(2)12(17)14(11(6)16)9-4-3-8(13(18)19)5-10(9)15/h3-5,15H,1-2H3,(H,18,19). The van der Waals surface area contributed by atoms with Crippen LogP contribution in [0.4, 0.5) is 5.69 Å². The van der Waals surface area contributed by atoms with Crippen molar-refractivity contribution in [2.75, 3.05) is 4.90 Å². The number of carbonyl (C=O) groups is 3. The number of phenols is 1. The summed E-state index contributed by atoms with van der Waals surface area (Å²) in [5, 5.41) is 18.6. The number of hydrogen-bond donors (Lipinski definition) is 2. The van der Waals surface area contributed by atoms with E-state index in [0.717, 1.165) is 11.0 Å². The Bertz CT molecular complexity index is 620. The summed E-state index contributed by atoms with van der Waals surface area (Å²) in [6.07, 6.45) is 0. The first-order chi connectivity index (χ1) is 8.84. The number of rotatable bonds is 2. The molecule has 6 nitrogen and oxygen atoms in total. The van der Waals surface area contributed by atoms with Crippen molar-refractivity contribution in [2.45, 2.75) is 13.8 Å². The molecule has 0 radical (unpaired) electrons. The average Bonchev–Trinajstić information content (AvgIpc) is 2.55. The van der Waals surface area contributed by atoms with Crippen LogP contribution < -0.4 is 4.90 Å². The fraction of sp³-hybridized carbons (Fsp3) is 0.154. The van der Waals surface area contributed by atoms with E-state index in [4.69, 9.17) is 5.11 Å². The first-order valence-corrected chi connectivity index (χ1v) is 5.47. The van der Waals surface area contributed by atoms with E-state index in [0.29, 0.717) is 11.1 Å². The van der Waals surface area contributed by atoms with Gasteiger partial charge in [-0.25, -0.2) is 9.69 Å². The summed E-state index contributed by atoms with van der Waals surface area (Å²) in [4.78, 5) is 35.4. The van der Waals surface area contributed by atoms with E-state index in [2.05, 4.69) is 0 Å². The topological polar surface area (TPSA) is 94.9 Å². The average molecular weight is 261 g/mol. The molecule has 1 aliphatic rings. The first kappa shape index (κ1) is 12.8. The third-order valence-electron chi connectivity index (χ3n) is 3.07. The van der Waals surface area contributed by atoms with Crippen LogP contribution in [0.15, 0.2) is 29.3 Å². The number of aromatic carboxylic acids is 1. The zero-order chi connectivity index (χ0) is 14.3. The van der Waals surface area contributed by atoms with Gasteiger partial charge in [0.05, 0.1) is 11.3 Å². The van der Waals surface area contributed by atoms with Crippen LogP contribution in [0.5, 0.6) is 5.75 Å². The fourth-order valence-corrected chi connectivity index (χ4v) is 1.81. The molecule has 2 rings (SSSR count). The van der Waals surface area contributed by atoms with Gasteiger partial charge in [0.15, 0.2) is 0 Å². The minimum Gasteiger partial charge on any atom is -0.506 e. The van der Waals surface area contributed by atoms with Gasteiger partial charge in [0.1, 0.15) is 5.75 Å². The number of nitrogens with zero attached hydrogens (tertiary/aromatic N) is 1. The fourth-order valence-electron chi connectivity index (χ4n) is 1.81. The number of phenolic OH excluding ortho intramolecular Hbond substituents is 1. The molecule has 0 unspecified atom stereocenters. The van der Waals surface area contributed by atoms with Crippen molar-refractivity contribution < 1.29 is 24.6 Å². The quantitative estimate of drug-likeness (QED) is 0.782. The molecule has 0 fully saturated rings. The number of carboxylic acids is 1. The highest BCUT2D eigenvalue weighted by atomic mass is 16.4. The van der Waals surface area contributed by atoms with Crippen LogP contribution in [0, 0.1) is 0 Å². The lowest BCUT2D eigenvalue weighted by molar-refractivity contribution is -0.120.